The standard InChI is InChI=1S/C16H16FNO7S/c1-22-13-8-10(9-14(23-2)15(13)24-3)16(19)18-11-4-6-12(7-5-11)25-26(17,20)21/h4-9H,1-3H3,(H,18,19). The number of ether oxygens (including phenoxy) is 3. The zero-order valence-corrected chi connectivity index (χ0v) is 14.9. The molecule has 2 aromatic carbocycles. The van der Waals surface area contributed by atoms with E-state index in [1.54, 1.807) is 0 Å². The molecule has 0 spiro atoms. The van der Waals surface area contributed by atoms with Gasteiger partial charge in [-0.2, -0.15) is 8.42 Å². The molecule has 1 N–H and O–H groups in total. The summed E-state index contributed by atoms with van der Waals surface area (Å²) >= 11 is 0. The smallest absolute Gasteiger partial charge is 0.488 e. The monoisotopic (exact) mass is 385 g/mol. The van der Waals surface area contributed by atoms with E-state index >= 15 is 0 Å². The molecular formula is C16H16FNO7S. The average molecular weight is 385 g/mol. The molecule has 26 heavy (non-hydrogen) atoms. The van der Waals surface area contributed by atoms with E-state index in [2.05, 4.69) is 9.50 Å². The summed E-state index contributed by atoms with van der Waals surface area (Å²) in [6.45, 7) is 0. The summed E-state index contributed by atoms with van der Waals surface area (Å²) in [5, 5.41) is 2.60. The zero-order valence-electron chi connectivity index (χ0n) is 14.1. The van der Waals surface area contributed by atoms with Gasteiger partial charge in [-0.3, -0.25) is 4.79 Å². The van der Waals surface area contributed by atoms with Crippen molar-refractivity contribution >= 4 is 22.1 Å². The molecule has 0 saturated heterocycles. The molecule has 0 aliphatic carbocycles. The Morgan fingerprint density at radius 2 is 1.50 bits per heavy atom. The molecule has 0 aromatic heterocycles. The van der Waals surface area contributed by atoms with Crippen LogP contribution in [0, 0.1) is 0 Å². The second-order valence-electron chi connectivity index (χ2n) is 4.87. The van der Waals surface area contributed by atoms with Crippen LogP contribution in [-0.2, 0) is 10.5 Å². The van der Waals surface area contributed by atoms with Crippen LogP contribution >= 0.6 is 0 Å². The zero-order chi connectivity index (χ0) is 19.3. The third kappa shape index (κ3) is 4.76. The number of anilines is 1. The van der Waals surface area contributed by atoms with Crippen molar-refractivity contribution in [3.05, 3.63) is 42.0 Å². The highest BCUT2D eigenvalue weighted by Gasteiger charge is 2.17. The lowest BCUT2D eigenvalue weighted by Crippen LogP contribution is -2.12. The third-order valence-corrected chi connectivity index (χ3v) is 3.63. The van der Waals surface area contributed by atoms with Crippen molar-refractivity contribution in [1.29, 1.82) is 0 Å². The maximum absolute atomic E-state index is 12.5. The molecule has 0 aliphatic heterocycles. The molecule has 140 valence electrons. The normalized spacial score (nSPS) is 10.8. The molecule has 1 amide bonds. The van der Waals surface area contributed by atoms with Gasteiger partial charge >= 0.3 is 10.5 Å². The van der Waals surface area contributed by atoms with Crippen LogP contribution in [-0.4, -0.2) is 35.7 Å². The molecule has 8 nitrogen and oxygen atoms in total. The second kappa shape index (κ2) is 7.91. The topological polar surface area (TPSA) is 100 Å². The van der Waals surface area contributed by atoms with Crippen molar-refractivity contribution in [2.45, 2.75) is 0 Å². The van der Waals surface area contributed by atoms with Gasteiger partial charge in [-0.15, -0.1) is 0 Å². The first-order valence-electron chi connectivity index (χ1n) is 7.13. The highest BCUT2D eigenvalue weighted by molar-refractivity contribution is 7.81. The fourth-order valence-electron chi connectivity index (χ4n) is 2.12. The molecule has 10 heteroatoms. The first-order valence-corrected chi connectivity index (χ1v) is 8.43. The summed E-state index contributed by atoms with van der Waals surface area (Å²) < 4.78 is 53.0. The number of benzene rings is 2. The maximum atomic E-state index is 12.5. The van der Waals surface area contributed by atoms with E-state index in [4.69, 9.17) is 14.2 Å². The predicted molar refractivity (Wildman–Crippen MR) is 91.1 cm³/mol. The number of amides is 1. The van der Waals surface area contributed by atoms with Crippen molar-refractivity contribution in [3.63, 3.8) is 0 Å². The van der Waals surface area contributed by atoms with Crippen LogP contribution in [0.4, 0.5) is 9.57 Å². The van der Waals surface area contributed by atoms with E-state index in [9.17, 15) is 17.1 Å². The van der Waals surface area contributed by atoms with Crippen molar-refractivity contribution in [2.24, 2.45) is 0 Å². The number of rotatable bonds is 7. The lowest BCUT2D eigenvalue weighted by molar-refractivity contribution is 0.102. The van der Waals surface area contributed by atoms with Crippen molar-refractivity contribution in [3.8, 4) is 23.0 Å². The first kappa shape index (κ1) is 19.3. The van der Waals surface area contributed by atoms with Crippen LogP contribution in [0.5, 0.6) is 23.0 Å². The quantitative estimate of drug-likeness (QED) is 0.731. The van der Waals surface area contributed by atoms with Crippen molar-refractivity contribution < 1.29 is 35.5 Å². The fraction of sp³-hybridized carbons (Fsp3) is 0.188. The summed E-state index contributed by atoms with van der Waals surface area (Å²) in [5.41, 5.74) is 0.582. The summed E-state index contributed by atoms with van der Waals surface area (Å²) in [6.07, 6.45) is 0. The minimum absolute atomic E-state index is 0.224. The SMILES string of the molecule is COc1cc(C(=O)Nc2ccc(OS(=O)(=O)F)cc2)cc(OC)c1OC. The highest BCUT2D eigenvalue weighted by atomic mass is 32.3. The molecule has 2 aromatic rings. The van der Waals surface area contributed by atoms with E-state index < -0.39 is 16.4 Å². The first-order chi connectivity index (χ1) is 12.3. The number of carbonyl (C=O) groups is 1. The molecule has 0 radical (unpaired) electrons. The molecule has 0 aliphatic rings. The molecule has 0 bridgehead atoms. The molecule has 0 heterocycles. The minimum Gasteiger partial charge on any atom is -0.493 e. The lowest BCUT2D eigenvalue weighted by Gasteiger charge is -2.14. The number of hydrogen-bond donors (Lipinski definition) is 1. The number of carbonyl (C=O) groups excluding carboxylic acids is 1. The van der Waals surface area contributed by atoms with Gasteiger partial charge in [0.25, 0.3) is 5.91 Å². The number of halogens is 1. The molecule has 0 atom stereocenters. The van der Waals surface area contributed by atoms with Gasteiger partial charge in [-0.25, -0.2) is 0 Å². The largest absolute Gasteiger partial charge is 0.493 e. The van der Waals surface area contributed by atoms with E-state index in [1.165, 1.54) is 57.7 Å². The van der Waals surface area contributed by atoms with E-state index in [0.717, 1.165) is 0 Å². The van der Waals surface area contributed by atoms with Gasteiger partial charge in [0.05, 0.1) is 21.3 Å². The Morgan fingerprint density at radius 3 is 1.92 bits per heavy atom. The Labute approximate surface area is 149 Å². The van der Waals surface area contributed by atoms with Crippen LogP contribution in [0.3, 0.4) is 0 Å². The highest BCUT2D eigenvalue weighted by Crippen LogP contribution is 2.38. The van der Waals surface area contributed by atoms with Gasteiger partial charge in [-0.1, -0.05) is 3.89 Å². The summed E-state index contributed by atoms with van der Waals surface area (Å²) in [7, 11) is -0.805. The van der Waals surface area contributed by atoms with Gasteiger partial charge in [-0.05, 0) is 36.4 Å². The van der Waals surface area contributed by atoms with E-state index in [-0.39, 0.29) is 11.3 Å². The van der Waals surface area contributed by atoms with Gasteiger partial charge in [0.15, 0.2) is 11.5 Å². The third-order valence-electron chi connectivity index (χ3n) is 3.23. The van der Waals surface area contributed by atoms with Crippen molar-refractivity contribution in [2.75, 3.05) is 26.6 Å². The summed E-state index contributed by atoms with van der Waals surface area (Å²) in [5.74, 6) is 0.276. The molecule has 2 rings (SSSR count). The number of hydrogen-bond acceptors (Lipinski definition) is 7. The van der Waals surface area contributed by atoms with Crippen LogP contribution in [0.1, 0.15) is 10.4 Å². The van der Waals surface area contributed by atoms with Gasteiger partial charge in [0, 0.05) is 11.3 Å². The van der Waals surface area contributed by atoms with Crippen molar-refractivity contribution in [1.82, 2.24) is 0 Å². The Morgan fingerprint density at radius 1 is 0.962 bits per heavy atom. The predicted octanol–water partition coefficient (Wildman–Crippen LogP) is 2.56. The van der Waals surface area contributed by atoms with Crippen LogP contribution in [0.25, 0.3) is 0 Å². The Balaban J connectivity index is 2.22. The molecular weight excluding hydrogens is 369 g/mol. The maximum Gasteiger partial charge on any atom is 0.488 e. The molecule has 0 saturated carbocycles. The fourth-order valence-corrected chi connectivity index (χ4v) is 2.47. The van der Waals surface area contributed by atoms with Crippen LogP contribution < -0.4 is 23.7 Å². The van der Waals surface area contributed by atoms with Gasteiger partial charge in [0.1, 0.15) is 5.75 Å². The summed E-state index contributed by atoms with van der Waals surface area (Å²) in [6, 6.07) is 8.06. The van der Waals surface area contributed by atoms with Crippen LogP contribution in [0.15, 0.2) is 36.4 Å². The van der Waals surface area contributed by atoms with Gasteiger partial charge in [0.2, 0.25) is 5.75 Å². The summed E-state index contributed by atoms with van der Waals surface area (Å²) in [4.78, 5) is 12.4. The number of nitrogens with one attached hydrogen (secondary N) is 1. The van der Waals surface area contributed by atoms with Crippen LogP contribution in [0.2, 0.25) is 0 Å². The van der Waals surface area contributed by atoms with E-state index in [1.807, 2.05) is 0 Å². The molecule has 0 fully saturated rings. The Hall–Kier alpha value is -3.01. The minimum atomic E-state index is -5.11. The molecule has 0 unspecified atom stereocenters. The van der Waals surface area contributed by atoms with Gasteiger partial charge < -0.3 is 23.7 Å². The number of methoxy groups -OCH3 is 3. The lowest BCUT2D eigenvalue weighted by atomic mass is 10.1. The van der Waals surface area contributed by atoms with E-state index in [0.29, 0.717) is 22.9 Å². The average Bonchev–Trinajstić information content (AvgIpc) is 2.60. The second-order valence-corrected chi connectivity index (χ2v) is 5.82. The Bertz CT molecular complexity index is 872. The Kier molecular flexibility index (Phi) is 5.88.